The van der Waals surface area contributed by atoms with Crippen molar-refractivity contribution < 1.29 is 0 Å². The first-order valence-corrected chi connectivity index (χ1v) is 8.63. The molecule has 0 aliphatic heterocycles. The van der Waals surface area contributed by atoms with Crippen LogP contribution in [0.1, 0.15) is 48.9 Å². The van der Waals surface area contributed by atoms with Crippen molar-refractivity contribution >= 4 is 27.4 Å². The van der Waals surface area contributed by atoms with Crippen molar-refractivity contribution in [1.82, 2.24) is 9.97 Å². The maximum atomic E-state index is 4.88. The summed E-state index contributed by atoms with van der Waals surface area (Å²) < 4.78 is 0. The van der Waals surface area contributed by atoms with Crippen molar-refractivity contribution in [2.24, 2.45) is 0 Å². The molecule has 0 aromatic carbocycles. The topological polar surface area (TPSA) is 29.0 Å². The number of nitrogens with zero attached hydrogens (tertiary/aromatic N) is 3. The molecule has 3 nitrogen and oxygen atoms in total. The van der Waals surface area contributed by atoms with Gasteiger partial charge in [-0.25, -0.2) is 9.97 Å². The lowest BCUT2D eigenvalue weighted by Crippen LogP contribution is -2.22. The summed E-state index contributed by atoms with van der Waals surface area (Å²) in [6.07, 6.45) is 8.66. The third-order valence-corrected chi connectivity index (χ3v) is 5.77. The average molecular weight is 287 g/mol. The maximum Gasteiger partial charge on any atom is 0.141 e. The van der Waals surface area contributed by atoms with Gasteiger partial charge in [0.2, 0.25) is 0 Å². The predicted octanol–water partition coefficient (Wildman–Crippen LogP) is 3.73. The SMILES string of the molecule is CCc1nc(N(C)C2CC2)c2c3c(sc2n1)CCCC3. The summed E-state index contributed by atoms with van der Waals surface area (Å²) in [5, 5.41) is 1.37. The monoisotopic (exact) mass is 287 g/mol. The molecule has 0 radical (unpaired) electrons. The second kappa shape index (κ2) is 4.69. The quantitative estimate of drug-likeness (QED) is 0.861. The molecule has 2 aromatic rings. The molecule has 0 bridgehead atoms. The van der Waals surface area contributed by atoms with E-state index < -0.39 is 0 Å². The van der Waals surface area contributed by atoms with Crippen LogP contribution in [0.5, 0.6) is 0 Å². The van der Waals surface area contributed by atoms with Crippen LogP contribution >= 0.6 is 11.3 Å². The van der Waals surface area contributed by atoms with E-state index >= 15 is 0 Å². The minimum atomic E-state index is 0.706. The molecule has 0 amide bonds. The summed E-state index contributed by atoms with van der Waals surface area (Å²) in [5.41, 5.74) is 1.56. The Bertz CT molecular complexity index is 657. The summed E-state index contributed by atoms with van der Waals surface area (Å²) in [7, 11) is 2.21. The van der Waals surface area contributed by atoms with E-state index in [1.54, 1.807) is 10.4 Å². The number of aryl methyl sites for hydroxylation is 3. The van der Waals surface area contributed by atoms with Gasteiger partial charge in [-0.2, -0.15) is 0 Å². The van der Waals surface area contributed by atoms with Gasteiger partial charge in [0.05, 0.1) is 5.39 Å². The zero-order valence-electron chi connectivity index (χ0n) is 12.3. The third kappa shape index (κ3) is 1.93. The molecule has 0 unspecified atom stereocenters. The molecule has 4 rings (SSSR count). The van der Waals surface area contributed by atoms with Gasteiger partial charge in [0.1, 0.15) is 16.5 Å². The minimum absolute atomic E-state index is 0.706. The fraction of sp³-hybridized carbons (Fsp3) is 0.625. The van der Waals surface area contributed by atoms with Crippen molar-refractivity contribution in [3.63, 3.8) is 0 Å². The van der Waals surface area contributed by atoms with Crippen molar-refractivity contribution in [2.75, 3.05) is 11.9 Å². The van der Waals surface area contributed by atoms with Crippen LogP contribution in [-0.4, -0.2) is 23.1 Å². The van der Waals surface area contributed by atoms with E-state index in [0.29, 0.717) is 6.04 Å². The summed E-state index contributed by atoms with van der Waals surface area (Å²) >= 11 is 1.92. The average Bonchev–Trinajstić information content (AvgIpc) is 3.26. The Balaban J connectivity index is 1.95. The van der Waals surface area contributed by atoms with Crippen molar-refractivity contribution in [3.8, 4) is 0 Å². The molecule has 2 aromatic heterocycles. The van der Waals surface area contributed by atoms with Crippen molar-refractivity contribution in [3.05, 3.63) is 16.3 Å². The highest BCUT2D eigenvalue weighted by molar-refractivity contribution is 7.19. The minimum Gasteiger partial charge on any atom is -0.356 e. The Hall–Kier alpha value is -1.16. The molecule has 2 aliphatic carbocycles. The molecule has 2 heterocycles. The lowest BCUT2D eigenvalue weighted by atomic mass is 9.97. The smallest absolute Gasteiger partial charge is 0.141 e. The molecule has 1 fully saturated rings. The molecular weight excluding hydrogens is 266 g/mol. The summed E-state index contributed by atoms with van der Waals surface area (Å²) in [6.45, 7) is 2.15. The largest absolute Gasteiger partial charge is 0.356 e. The Labute approximate surface area is 124 Å². The van der Waals surface area contributed by atoms with Gasteiger partial charge in [-0.3, -0.25) is 0 Å². The molecule has 4 heteroatoms. The van der Waals surface area contributed by atoms with Crippen LogP contribution in [0.2, 0.25) is 0 Å². The van der Waals surface area contributed by atoms with Crippen LogP contribution in [0.3, 0.4) is 0 Å². The summed E-state index contributed by atoms with van der Waals surface area (Å²) in [5.74, 6) is 2.20. The molecule has 0 saturated heterocycles. The summed E-state index contributed by atoms with van der Waals surface area (Å²) in [4.78, 5) is 14.9. The number of hydrogen-bond acceptors (Lipinski definition) is 4. The van der Waals surface area contributed by atoms with E-state index in [4.69, 9.17) is 9.97 Å². The van der Waals surface area contributed by atoms with Gasteiger partial charge in [-0.05, 0) is 44.1 Å². The Morgan fingerprint density at radius 2 is 2.00 bits per heavy atom. The zero-order chi connectivity index (χ0) is 13.7. The fourth-order valence-corrected chi connectivity index (χ4v) is 4.50. The maximum absolute atomic E-state index is 4.88. The molecule has 0 N–H and O–H groups in total. The lowest BCUT2D eigenvalue weighted by molar-refractivity contribution is 0.700. The number of anilines is 1. The van der Waals surface area contributed by atoms with Crippen LogP contribution in [0.15, 0.2) is 0 Å². The normalized spacial score (nSPS) is 18.3. The summed E-state index contributed by atoms with van der Waals surface area (Å²) in [6, 6.07) is 0.706. The van der Waals surface area contributed by atoms with E-state index in [1.807, 2.05) is 11.3 Å². The first-order chi connectivity index (χ1) is 9.78. The second-order valence-corrected chi connectivity index (χ2v) is 7.13. The first-order valence-electron chi connectivity index (χ1n) is 7.82. The fourth-order valence-electron chi connectivity index (χ4n) is 3.23. The van der Waals surface area contributed by atoms with E-state index in [9.17, 15) is 0 Å². The van der Waals surface area contributed by atoms with Gasteiger partial charge < -0.3 is 4.90 Å². The van der Waals surface area contributed by atoms with Gasteiger partial charge in [0.25, 0.3) is 0 Å². The number of rotatable bonds is 3. The standard InChI is InChI=1S/C16H21N3S/c1-3-13-17-15(19(2)10-8-9-10)14-11-6-4-5-7-12(11)20-16(14)18-13/h10H,3-9H2,1-2H3. The predicted molar refractivity (Wildman–Crippen MR) is 84.9 cm³/mol. The number of hydrogen-bond donors (Lipinski definition) is 0. The van der Waals surface area contributed by atoms with Crippen LogP contribution in [0, 0.1) is 0 Å². The third-order valence-electron chi connectivity index (χ3n) is 4.59. The highest BCUT2D eigenvalue weighted by atomic mass is 32.1. The van der Waals surface area contributed by atoms with Crippen LogP contribution in [0.25, 0.3) is 10.2 Å². The highest BCUT2D eigenvalue weighted by Crippen LogP contribution is 2.41. The van der Waals surface area contributed by atoms with E-state index in [2.05, 4.69) is 18.9 Å². The van der Waals surface area contributed by atoms with Crippen molar-refractivity contribution in [1.29, 1.82) is 0 Å². The van der Waals surface area contributed by atoms with E-state index in [0.717, 1.165) is 12.2 Å². The molecule has 20 heavy (non-hydrogen) atoms. The highest BCUT2D eigenvalue weighted by Gasteiger charge is 2.30. The number of aromatic nitrogens is 2. The molecule has 0 atom stereocenters. The van der Waals surface area contributed by atoms with Gasteiger partial charge >= 0.3 is 0 Å². The van der Waals surface area contributed by atoms with Crippen LogP contribution in [0.4, 0.5) is 5.82 Å². The lowest BCUT2D eigenvalue weighted by Gasteiger charge is -2.20. The molecule has 106 valence electrons. The van der Waals surface area contributed by atoms with Gasteiger partial charge in [0.15, 0.2) is 0 Å². The van der Waals surface area contributed by atoms with E-state index in [-0.39, 0.29) is 0 Å². The van der Waals surface area contributed by atoms with Crippen LogP contribution in [-0.2, 0) is 19.3 Å². The van der Waals surface area contributed by atoms with Gasteiger partial charge in [-0.15, -0.1) is 11.3 Å². The Kier molecular flexibility index (Phi) is 2.95. The first kappa shape index (κ1) is 12.6. The van der Waals surface area contributed by atoms with Crippen LogP contribution < -0.4 is 4.90 Å². The Morgan fingerprint density at radius 1 is 1.20 bits per heavy atom. The molecular formula is C16H21N3S. The second-order valence-electron chi connectivity index (χ2n) is 6.05. The van der Waals surface area contributed by atoms with Crippen molar-refractivity contribution in [2.45, 2.75) is 57.9 Å². The number of thiophene rings is 1. The van der Waals surface area contributed by atoms with Gasteiger partial charge in [0, 0.05) is 24.4 Å². The molecule has 0 spiro atoms. The molecule has 1 saturated carbocycles. The van der Waals surface area contributed by atoms with E-state index in [1.165, 1.54) is 54.6 Å². The zero-order valence-corrected chi connectivity index (χ0v) is 13.1. The molecule has 2 aliphatic rings. The Morgan fingerprint density at radius 3 is 2.75 bits per heavy atom. The number of fused-ring (bicyclic) bond motifs is 3. The van der Waals surface area contributed by atoms with Gasteiger partial charge in [-0.1, -0.05) is 6.92 Å².